The van der Waals surface area contributed by atoms with Crippen LogP contribution < -0.4 is 15.9 Å². The molecule has 2 saturated heterocycles. The molecule has 0 aliphatic carbocycles. The minimum Gasteiger partial charge on any atom is -0.442 e. The van der Waals surface area contributed by atoms with Crippen LogP contribution in [0.5, 0.6) is 0 Å². The molecule has 2 unspecified atom stereocenters. The largest absolute Gasteiger partial charge is 0.442 e. The van der Waals surface area contributed by atoms with Gasteiger partial charge in [0.1, 0.15) is 18.0 Å². The van der Waals surface area contributed by atoms with Crippen LogP contribution >= 0.6 is 0 Å². The van der Waals surface area contributed by atoms with E-state index in [-0.39, 0.29) is 12.2 Å². The number of carbonyl (C=O) groups excluding carboxylic acids is 1. The average Bonchev–Trinajstić information content (AvgIpc) is 3.64. The van der Waals surface area contributed by atoms with Crippen LogP contribution in [0, 0.1) is 5.82 Å². The summed E-state index contributed by atoms with van der Waals surface area (Å²) in [6.07, 6.45) is 5.54. The Morgan fingerprint density at radius 2 is 2.10 bits per heavy atom. The zero-order valence-electron chi connectivity index (χ0n) is 23.7. The van der Waals surface area contributed by atoms with Gasteiger partial charge in [0.05, 0.1) is 50.5 Å². The number of likely N-dealkylation sites (N-methyl/N-ethyl adjacent to an activating group) is 1. The Labute approximate surface area is 239 Å². The van der Waals surface area contributed by atoms with Crippen LogP contribution in [-0.4, -0.2) is 99.1 Å². The minimum absolute atomic E-state index is 0.174. The Hall–Kier alpha value is -3.78. The van der Waals surface area contributed by atoms with Crippen LogP contribution in [-0.2, 0) is 19.0 Å². The van der Waals surface area contributed by atoms with Crippen molar-refractivity contribution in [2.45, 2.75) is 26.1 Å². The monoisotopic (exact) mass is 571 g/mol. The van der Waals surface area contributed by atoms with Gasteiger partial charge in [0.25, 0.3) is 0 Å². The van der Waals surface area contributed by atoms with E-state index in [0.29, 0.717) is 42.2 Å². The number of amides is 1. The third kappa shape index (κ3) is 8.85. The van der Waals surface area contributed by atoms with E-state index in [1.54, 1.807) is 55.0 Å². The van der Waals surface area contributed by atoms with Crippen molar-refractivity contribution >= 4 is 18.0 Å². The molecule has 1 amide bonds. The Morgan fingerprint density at radius 1 is 1.27 bits per heavy atom. The zero-order chi connectivity index (χ0) is 29.0. The Balaban J connectivity index is 0.000000417. The van der Waals surface area contributed by atoms with Gasteiger partial charge < -0.3 is 24.5 Å². The standard InChI is InChI=1S/C22H25FN6O4.C6H13NO/c1-15(14-31-2)33-26-11-17-4-3-16(10-24-17)20-6-5-18(9-21(20)23)29-13-19(32-22(29)30)12-28-8-7-25-27-28;1-2-7-3-5-8-6-4-7/h3-11,15,19,25,27H,12-14H2,1-2H3;2-6H2,1H3/b26-11+;. The summed E-state index contributed by atoms with van der Waals surface area (Å²) >= 11 is 0. The maximum atomic E-state index is 14.9. The molecule has 1 aromatic carbocycles. The summed E-state index contributed by atoms with van der Waals surface area (Å²) in [6.45, 7) is 10.5. The predicted octanol–water partition coefficient (Wildman–Crippen LogP) is 2.73. The molecule has 3 aliphatic rings. The topological polar surface area (TPSA) is 113 Å². The minimum atomic E-state index is -0.504. The number of halogens is 1. The molecule has 2 aromatic rings. The van der Waals surface area contributed by atoms with Crippen molar-refractivity contribution in [3.8, 4) is 11.1 Å². The van der Waals surface area contributed by atoms with Gasteiger partial charge in [-0.05, 0) is 37.7 Å². The number of aromatic nitrogens is 1. The summed E-state index contributed by atoms with van der Waals surface area (Å²) in [5, 5.41) is 5.64. The second kappa shape index (κ2) is 15.3. The number of nitrogens with one attached hydrogen (secondary N) is 2. The lowest BCUT2D eigenvalue weighted by Crippen LogP contribution is -2.41. The number of rotatable bonds is 10. The molecular formula is C28H38FN7O5. The van der Waals surface area contributed by atoms with E-state index in [0.717, 1.165) is 26.3 Å². The molecule has 1 aromatic heterocycles. The molecule has 0 spiro atoms. The molecule has 3 aliphatic heterocycles. The highest BCUT2D eigenvalue weighted by molar-refractivity contribution is 5.90. The van der Waals surface area contributed by atoms with Gasteiger partial charge in [-0.2, -0.15) is 0 Å². The zero-order valence-corrected chi connectivity index (χ0v) is 23.7. The lowest BCUT2D eigenvalue weighted by Gasteiger charge is -2.24. The number of hydrogen-bond acceptors (Lipinski definition) is 11. The Kier molecular flexibility index (Phi) is 11.3. The number of morpholine rings is 1. The van der Waals surface area contributed by atoms with Crippen LogP contribution in [0.3, 0.4) is 0 Å². The van der Waals surface area contributed by atoms with Crippen LogP contribution in [0.4, 0.5) is 14.9 Å². The van der Waals surface area contributed by atoms with Crippen molar-refractivity contribution in [2.24, 2.45) is 5.16 Å². The molecule has 2 N–H and O–H groups in total. The molecular weight excluding hydrogens is 533 g/mol. The molecule has 4 heterocycles. The summed E-state index contributed by atoms with van der Waals surface area (Å²) in [5.74, 6) is -0.461. The highest BCUT2D eigenvalue weighted by Gasteiger charge is 2.34. The number of methoxy groups -OCH3 is 1. The van der Waals surface area contributed by atoms with Gasteiger partial charge in [-0.25, -0.2) is 9.18 Å². The average molecular weight is 572 g/mol. The van der Waals surface area contributed by atoms with Crippen LogP contribution in [0.2, 0.25) is 0 Å². The van der Waals surface area contributed by atoms with E-state index in [1.165, 1.54) is 23.7 Å². The predicted molar refractivity (Wildman–Crippen MR) is 152 cm³/mol. The van der Waals surface area contributed by atoms with E-state index in [2.05, 4.69) is 32.9 Å². The van der Waals surface area contributed by atoms with Crippen LogP contribution in [0.15, 0.2) is 54.1 Å². The number of benzene rings is 1. The molecule has 5 rings (SSSR count). The number of hydrazine groups is 2. The van der Waals surface area contributed by atoms with Gasteiger partial charge in [-0.1, -0.05) is 18.1 Å². The van der Waals surface area contributed by atoms with Crippen LogP contribution in [0.25, 0.3) is 11.1 Å². The lowest BCUT2D eigenvalue weighted by molar-refractivity contribution is 0.0131. The fourth-order valence-corrected chi connectivity index (χ4v) is 4.36. The number of pyridine rings is 1. The summed E-state index contributed by atoms with van der Waals surface area (Å²) in [4.78, 5) is 25.6. The van der Waals surface area contributed by atoms with Crippen molar-refractivity contribution in [3.63, 3.8) is 0 Å². The van der Waals surface area contributed by atoms with Gasteiger partial charge in [0.2, 0.25) is 0 Å². The quantitative estimate of drug-likeness (QED) is 0.326. The van der Waals surface area contributed by atoms with E-state index in [1.807, 2.05) is 6.92 Å². The summed E-state index contributed by atoms with van der Waals surface area (Å²) in [6, 6.07) is 8.11. The Morgan fingerprint density at radius 3 is 2.73 bits per heavy atom. The fourth-order valence-electron chi connectivity index (χ4n) is 4.36. The van der Waals surface area contributed by atoms with Gasteiger partial charge in [-0.3, -0.25) is 19.8 Å². The number of ether oxygens (including phenoxy) is 3. The number of cyclic esters (lactones) is 1. The molecule has 13 heteroatoms. The molecule has 2 fully saturated rings. The number of hydrogen-bond donors (Lipinski definition) is 2. The first-order valence-electron chi connectivity index (χ1n) is 13.6. The smallest absolute Gasteiger partial charge is 0.414 e. The number of anilines is 1. The van der Waals surface area contributed by atoms with E-state index >= 15 is 0 Å². The number of oxime groups is 1. The second-order valence-electron chi connectivity index (χ2n) is 9.63. The third-order valence-corrected chi connectivity index (χ3v) is 6.56. The van der Waals surface area contributed by atoms with Crippen molar-refractivity contribution in [3.05, 3.63) is 60.4 Å². The molecule has 0 radical (unpaired) electrons. The molecule has 41 heavy (non-hydrogen) atoms. The van der Waals surface area contributed by atoms with Crippen LogP contribution in [0.1, 0.15) is 19.5 Å². The SMILES string of the molecule is CCN1CCOCC1.COCC(C)O/N=C/c1ccc(-c2ccc(N3CC(CN4C=CNN4)OC3=O)cc2F)cn1. The number of carbonyl (C=O) groups is 1. The highest BCUT2D eigenvalue weighted by atomic mass is 19.1. The maximum absolute atomic E-state index is 14.9. The molecule has 2 atom stereocenters. The van der Waals surface area contributed by atoms with Crippen molar-refractivity contribution in [1.29, 1.82) is 0 Å². The Bertz CT molecular complexity index is 1180. The summed E-state index contributed by atoms with van der Waals surface area (Å²) in [5.41, 5.74) is 7.70. The van der Waals surface area contributed by atoms with E-state index in [4.69, 9.17) is 19.0 Å². The first-order chi connectivity index (χ1) is 20.0. The first kappa shape index (κ1) is 30.2. The normalized spacial score (nSPS) is 19.6. The third-order valence-electron chi connectivity index (χ3n) is 6.56. The number of nitrogens with zero attached hydrogens (tertiary/aromatic N) is 5. The van der Waals surface area contributed by atoms with Gasteiger partial charge in [-0.15, -0.1) is 5.53 Å². The highest BCUT2D eigenvalue weighted by Crippen LogP contribution is 2.29. The van der Waals surface area contributed by atoms with Crippen molar-refractivity contribution < 1.29 is 28.2 Å². The van der Waals surface area contributed by atoms with Gasteiger partial charge >= 0.3 is 6.09 Å². The second-order valence-corrected chi connectivity index (χ2v) is 9.63. The first-order valence-corrected chi connectivity index (χ1v) is 13.6. The summed E-state index contributed by atoms with van der Waals surface area (Å²) < 4.78 is 30.4. The molecule has 12 nitrogen and oxygen atoms in total. The fraction of sp³-hybridized carbons (Fsp3) is 0.464. The molecule has 222 valence electrons. The summed E-state index contributed by atoms with van der Waals surface area (Å²) in [7, 11) is 1.59. The van der Waals surface area contributed by atoms with Gasteiger partial charge in [0, 0.05) is 49.9 Å². The van der Waals surface area contributed by atoms with Gasteiger partial charge in [0.15, 0.2) is 0 Å². The maximum Gasteiger partial charge on any atom is 0.414 e. The van der Waals surface area contributed by atoms with E-state index in [9.17, 15) is 9.18 Å². The van der Waals surface area contributed by atoms with Crippen molar-refractivity contribution in [1.82, 2.24) is 25.9 Å². The van der Waals surface area contributed by atoms with Crippen molar-refractivity contribution in [2.75, 3.05) is 64.6 Å². The lowest BCUT2D eigenvalue weighted by atomic mass is 10.1. The molecule has 0 saturated carbocycles. The van der Waals surface area contributed by atoms with E-state index < -0.39 is 11.9 Å². The molecule has 0 bridgehead atoms.